The van der Waals surface area contributed by atoms with E-state index >= 15 is 0 Å². The van der Waals surface area contributed by atoms with Crippen LogP contribution in [0, 0.1) is 0 Å². The van der Waals surface area contributed by atoms with E-state index in [1.807, 2.05) is 0 Å². The first-order valence-electron chi connectivity index (χ1n) is 5.29. The quantitative estimate of drug-likeness (QED) is 0.627. The molecule has 1 unspecified atom stereocenters. The van der Waals surface area contributed by atoms with E-state index in [4.69, 9.17) is 4.74 Å². The van der Waals surface area contributed by atoms with Crippen LogP contribution in [0.4, 0.5) is 0 Å². The lowest BCUT2D eigenvalue weighted by Gasteiger charge is -2.07. The van der Waals surface area contributed by atoms with Crippen molar-refractivity contribution in [1.82, 2.24) is 4.98 Å². The summed E-state index contributed by atoms with van der Waals surface area (Å²) in [5.41, 5.74) is 0. The van der Waals surface area contributed by atoms with E-state index in [1.54, 1.807) is 48.7 Å². The highest BCUT2D eigenvalue weighted by Crippen LogP contribution is 2.25. The number of ether oxygens (including phenoxy) is 1. The summed E-state index contributed by atoms with van der Waals surface area (Å²) in [6, 6.07) is 11.9. The molecule has 0 N–H and O–H groups in total. The second-order valence-corrected chi connectivity index (χ2v) is 4.87. The van der Waals surface area contributed by atoms with Crippen LogP contribution in [0.25, 0.3) is 0 Å². The van der Waals surface area contributed by atoms with Crippen molar-refractivity contribution >= 4 is 16.8 Å². The fourth-order valence-electron chi connectivity index (χ4n) is 1.41. The Morgan fingerprint density at radius 1 is 1.17 bits per heavy atom. The second-order valence-electron chi connectivity index (χ2n) is 3.48. The van der Waals surface area contributed by atoms with E-state index in [1.165, 1.54) is 6.92 Å². The van der Waals surface area contributed by atoms with Gasteiger partial charge in [0.2, 0.25) is 0 Å². The maximum absolute atomic E-state index is 12.3. The molecule has 0 aliphatic rings. The number of hydrogen-bond acceptors (Lipinski definition) is 4. The number of pyridine rings is 1. The zero-order chi connectivity index (χ0) is 13.0. The fourth-order valence-corrected chi connectivity index (χ4v) is 2.49. The van der Waals surface area contributed by atoms with E-state index < -0.39 is 16.8 Å². The third-order valence-electron chi connectivity index (χ3n) is 2.13. The van der Waals surface area contributed by atoms with Crippen molar-refractivity contribution in [2.45, 2.75) is 16.8 Å². The first kappa shape index (κ1) is 12.4. The molecule has 1 atom stereocenters. The van der Waals surface area contributed by atoms with Crippen LogP contribution < -0.4 is 4.74 Å². The Bertz CT molecular complexity index is 584. The van der Waals surface area contributed by atoms with Gasteiger partial charge in [-0.1, -0.05) is 18.2 Å². The van der Waals surface area contributed by atoms with Crippen LogP contribution in [-0.2, 0) is 15.6 Å². The number of nitrogens with zero attached hydrogens (tertiary/aromatic N) is 1. The summed E-state index contributed by atoms with van der Waals surface area (Å²) in [6.45, 7) is 1.31. The van der Waals surface area contributed by atoms with Gasteiger partial charge in [-0.05, 0) is 24.3 Å². The average Bonchev–Trinajstić information content (AvgIpc) is 2.39. The number of benzene rings is 1. The summed E-state index contributed by atoms with van der Waals surface area (Å²) in [6.07, 6.45) is 1.57. The second kappa shape index (κ2) is 5.55. The van der Waals surface area contributed by atoms with Crippen LogP contribution in [-0.4, -0.2) is 15.2 Å². The molecule has 0 fully saturated rings. The molecule has 0 aliphatic carbocycles. The van der Waals surface area contributed by atoms with Gasteiger partial charge in [0, 0.05) is 13.1 Å². The Balaban J connectivity index is 2.39. The maximum atomic E-state index is 12.3. The van der Waals surface area contributed by atoms with Crippen molar-refractivity contribution in [2.24, 2.45) is 0 Å². The molecule has 1 aromatic carbocycles. The van der Waals surface area contributed by atoms with Gasteiger partial charge in [-0.15, -0.1) is 0 Å². The van der Waals surface area contributed by atoms with Gasteiger partial charge in [-0.25, -0.2) is 9.19 Å². The van der Waals surface area contributed by atoms with Gasteiger partial charge in [0.25, 0.3) is 0 Å². The van der Waals surface area contributed by atoms with Crippen molar-refractivity contribution in [2.75, 3.05) is 0 Å². The van der Waals surface area contributed by atoms with Crippen LogP contribution in [0.5, 0.6) is 5.75 Å². The van der Waals surface area contributed by atoms with Gasteiger partial charge < -0.3 is 4.74 Å². The normalized spacial score (nSPS) is 11.8. The van der Waals surface area contributed by atoms with E-state index in [0.29, 0.717) is 15.7 Å². The van der Waals surface area contributed by atoms with Crippen LogP contribution >= 0.6 is 0 Å². The maximum Gasteiger partial charge on any atom is 0.308 e. The molecule has 5 heteroatoms. The Labute approximate surface area is 107 Å². The van der Waals surface area contributed by atoms with Crippen LogP contribution in [0.15, 0.2) is 58.6 Å². The van der Waals surface area contributed by atoms with Crippen molar-refractivity contribution in [3.05, 3.63) is 48.7 Å². The van der Waals surface area contributed by atoms with Crippen LogP contribution in [0.2, 0.25) is 0 Å². The van der Waals surface area contributed by atoms with Crippen molar-refractivity contribution < 1.29 is 13.7 Å². The molecule has 0 amide bonds. The summed E-state index contributed by atoms with van der Waals surface area (Å²) in [5, 5.41) is 0.428. The molecule has 0 bridgehead atoms. The molecule has 92 valence electrons. The topological polar surface area (TPSA) is 56.3 Å². The monoisotopic (exact) mass is 261 g/mol. The predicted octanol–water partition coefficient (Wildman–Crippen LogP) is 2.17. The standard InChI is InChI=1S/C13H11NO3S/c1-10(15)17-11-6-2-3-7-12(11)18(16)13-8-4-5-9-14-13/h2-9H,1H3. The largest absolute Gasteiger partial charge is 0.425 e. The third kappa shape index (κ3) is 2.81. The minimum Gasteiger partial charge on any atom is -0.425 e. The summed E-state index contributed by atoms with van der Waals surface area (Å²) >= 11 is 0. The number of carbonyl (C=O) groups is 1. The van der Waals surface area contributed by atoms with Crippen LogP contribution in [0.1, 0.15) is 6.92 Å². The first-order chi connectivity index (χ1) is 8.68. The lowest BCUT2D eigenvalue weighted by molar-refractivity contribution is -0.132. The zero-order valence-corrected chi connectivity index (χ0v) is 10.5. The minimum atomic E-state index is -1.46. The van der Waals surface area contributed by atoms with E-state index in [2.05, 4.69) is 4.98 Å². The van der Waals surface area contributed by atoms with Gasteiger partial charge in [0.15, 0.2) is 0 Å². The highest BCUT2D eigenvalue weighted by atomic mass is 32.2. The molecule has 2 rings (SSSR count). The van der Waals surface area contributed by atoms with Gasteiger partial charge in [-0.3, -0.25) is 4.79 Å². The van der Waals surface area contributed by atoms with E-state index in [0.717, 1.165) is 0 Å². The van der Waals surface area contributed by atoms with Crippen molar-refractivity contribution in [3.63, 3.8) is 0 Å². The average molecular weight is 261 g/mol. The fraction of sp³-hybridized carbons (Fsp3) is 0.0769. The number of hydrogen-bond donors (Lipinski definition) is 0. The van der Waals surface area contributed by atoms with Gasteiger partial charge in [0.1, 0.15) is 21.6 Å². The minimum absolute atomic E-state index is 0.300. The molecule has 0 spiro atoms. The van der Waals surface area contributed by atoms with E-state index in [9.17, 15) is 9.00 Å². The molecule has 2 aromatic rings. The highest BCUT2D eigenvalue weighted by molar-refractivity contribution is 7.85. The highest BCUT2D eigenvalue weighted by Gasteiger charge is 2.14. The van der Waals surface area contributed by atoms with Crippen molar-refractivity contribution in [3.8, 4) is 5.75 Å². The molecule has 1 heterocycles. The Morgan fingerprint density at radius 2 is 1.89 bits per heavy atom. The molecule has 0 saturated heterocycles. The molecule has 18 heavy (non-hydrogen) atoms. The Morgan fingerprint density at radius 3 is 2.56 bits per heavy atom. The molecule has 4 nitrogen and oxygen atoms in total. The predicted molar refractivity (Wildman–Crippen MR) is 66.7 cm³/mol. The molecule has 1 aromatic heterocycles. The molecular weight excluding hydrogens is 250 g/mol. The SMILES string of the molecule is CC(=O)Oc1ccccc1S(=O)c1ccccn1. The summed E-state index contributed by atoms with van der Waals surface area (Å²) in [4.78, 5) is 15.5. The molecule has 0 aliphatic heterocycles. The van der Waals surface area contributed by atoms with Gasteiger partial charge in [-0.2, -0.15) is 0 Å². The van der Waals surface area contributed by atoms with Gasteiger partial charge >= 0.3 is 5.97 Å². The number of para-hydroxylation sites is 1. The molecular formula is C13H11NO3S. The van der Waals surface area contributed by atoms with Gasteiger partial charge in [0.05, 0.1) is 4.90 Å². The summed E-state index contributed by atoms with van der Waals surface area (Å²) < 4.78 is 17.3. The Kier molecular flexibility index (Phi) is 3.84. The Hall–Kier alpha value is -2.01. The van der Waals surface area contributed by atoms with Crippen LogP contribution in [0.3, 0.4) is 0 Å². The molecule has 0 saturated carbocycles. The zero-order valence-electron chi connectivity index (χ0n) is 9.70. The lowest BCUT2D eigenvalue weighted by Crippen LogP contribution is -2.05. The number of aromatic nitrogens is 1. The lowest BCUT2D eigenvalue weighted by atomic mass is 10.3. The number of rotatable bonds is 3. The smallest absolute Gasteiger partial charge is 0.308 e. The van der Waals surface area contributed by atoms with E-state index in [-0.39, 0.29) is 0 Å². The number of esters is 1. The first-order valence-corrected chi connectivity index (χ1v) is 6.43. The summed E-state index contributed by atoms with van der Waals surface area (Å²) in [5.74, 6) is -0.144. The molecule has 0 radical (unpaired) electrons. The third-order valence-corrected chi connectivity index (χ3v) is 3.49. The van der Waals surface area contributed by atoms with Crippen molar-refractivity contribution in [1.29, 1.82) is 0 Å². The number of carbonyl (C=O) groups excluding carboxylic acids is 1. The summed E-state index contributed by atoms with van der Waals surface area (Å²) in [7, 11) is -1.46.